The quantitative estimate of drug-likeness (QED) is 0.845. The van der Waals surface area contributed by atoms with Crippen LogP contribution in [0.25, 0.3) is 11.4 Å². The highest BCUT2D eigenvalue weighted by Gasteiger charge is 2.60. The van der Waals surface area contributed by atoms with Crippen molar-refractivity contribution in [1.29, 1.82) is 0 Å². The second kappa shape index (κ2) is 6.81. The lowest BCUT2D eigenvalue weighted by Gasteiger charge is -2.64. The molecule has 0 radical (unpaired) electrons. The first-order chi connectivity index (χ1) is 13.3. The first kappa shape index (κ1) is 18.8. The zero-order chi connectivity index (χ0) is 20.1. The van der Waals surface area contributed by atoms with Crippen LogP contribution in [0, 0.1) is 18.7 Å². The number of nitrogens with zero attached hydrogens (tertiary/aromatic N) is 3. The molecule has 2 saturated heterocycles. The van der Waals surface area contributed by atoms with Crippen molar-refractivity contribution < 1.29 is 14.3 Å². The number of aliphatic hydroxyl groups is 1. The van der Waals surface area contributed by atoms with Crippen LogP contribution in [0.2, 0.25) is 0 Å². The fourth-order valence-electron chi connectivity index (χ4n) is 4.86. The lowest BCUT2D eigenvalue weighted by Crippen LogP contribution is -2.76. The number of anilines is 1. The maximum absolute atomic E-state index is 13.1. The molecule has 2 amide bonds. The molecule has 1 aromatic heterocycles. The largest absolute Gasteiger partial charge is 0.391 e. The van der Waals surface area contributed by atoms with E-state index in [0.29, 0.717) is 17.4 Å². The Morgan fingerprint density at radius 1 is 1.36 bits per heavy atom. The molecule has 3 heterocycles. The van der Waals surface area contributed by atoms with E-state index in [9.17, 15) is 14.3 Å². The van der Waals surface area contributed by atoms with Gasteiger partial charge in [0, 0.05) is 17.3 Å². The second-order valence-corrected chi connectivity index (χ2v) is 8.24. The van der Waals surface area contributed by atoms with Gasteiger partial charge in [0.15, 0.2) is 11.6 Å². The van der Waals surface area contributed by atoms with Gasteiger partial charge in [-0.15, -0.1) is 0 Å². The van der Waals surface area contributed by atoms with Crippen LogP contribution in [-0.2, 0) is 0 Å². The van der Waals surface area contributed by atoms with Crippen LogP contribution in [-0.4, -0.2) is 43.7 Å². The minimum absolute atomic E-state index is 0.170. The Kier molecular flexibility index (Phi) is 4.57. The standard InChI is InChI=1S/C21H25FN4O2/c1-12-6-17-9-21(8-12,14(3)27)26(17)20(28)25-16-5-4-13(2)18(7-16)19-23-10-15(22)11-24-19/h4-5,7,10-12,14,17,27H,6,8-9H2,1-3H3,(H,25,28)/t12-,14?,17-,21+/m1/s1. The number of hydrogen-bond acceptors (Lipinski definition) is 4. The number of carbonyl (C=O) groups is 1. The first-order valence-electron chi connectivity index (χ1n) is 9.67. The number of carbonyl (C=O) groups excluding carboxylic acids is 1. The number of amides is 2. The summed E-state index contributed by atoms with van der Waals surface area (Å²) in [5, 5.41) is 13.3. The van der Waals surface area contributed by atoms with E-state index in [1.165, 1.54) is 0 Å². The molecule has 148 valence electrons. The zero-order valence-corrected chi connectivity index (χ0v) is 16.3. The summed E-state index contributed by atoms with van der Waals surface area (Å²) in [7, 11) is 0. The third-order valence-corrected chi connectivity index (χ3v) is 6.16. The van der Waals surface area contributed by atoms with Crippen LogP contribution >= 0.6 is 0 Å². The average Bonchev–Trinajstić information content (AvgIpc) is 2.63. The van der Waals surface area contributed by atoms with Crippen molar-refractivity contribution in [3.63, 3.8) is 0 Å². The average molecular weight is 384 g/mol. The van der Waals surface area contributed by atoms with E-state index in [1.54, 1.807) is 13.0 Å². The van der Waals surface area contributed by atoms with Gasteiger partial charge in [-0.25, -0.2) is 19.2 Å². The van der Waals surface area contributed by atoms with Crippen LogP contribution in [0.4, 0.5) is 14.9 Å². The molecule has 4 rings (SSSR count). The van der Waals surface area contributed by atoms with E-state index in [-0.39, 0.29) is 12.1 Å². The molecule has 4 atom stereocenters. The number of nitrogens with one attached hydrogen (secondary N) is 1. The number of aromatic nitrogens is 2. The number of aryl methyl sites for hydroxylation is 1. The van der Waals surface area contributed by atoms with Crippen LogP contribution in [0.1, 0.15) is 38.7 Å². The van der Waals surface area contributed by atoms with E-state index in [4.69, 9.17) is 0 Å². The van der Waals surface area contributed by atoms with Gasteiger partial charge < -0.3 is 15.3 Å². The molecule has 6 nitrogen and oxygen atoms in total. The SMILES string of the molecule is Cc1ccc(NC(=O)N2[C@@H]3C[C@@H](C)C[C@@]2(C(C)O)C3)cc1-c1ncc(F)cn1. The van der Waals surface area contributed by atoms with Crippen LogP contribution in [0.5, 0.6) is 0 Å². The van der Waals surface area contributed by atoms with Crippen molar-refractivity contribution in [3.8, 4) is 11.4 Å². The summed E-state index contributed by atoms with van der Waals surface area (Å²) in [4.78, 5) is 22.9. The van der Waals surface area contributed by atoms with Crippen molar-refractivity contribution in [2.45, 2.75) is 57.7 Å². The summed E-state index contributed by atoms with van der Waals surface area (Å²) >= 11 is 0. The van der Waals surface area contributed by atoms with Gasteiger partial charge in [0.25, 0.3) is 0 Å². The lowest BCUT2D eigenvalue weighted by molar-refractivity contribution is -0.146. The monoisotopic (exact) mass is 384 g/mol. The van der Waals surface area contributed by atoms with E-state index in [0.717, 1.165) is 42.8 Å². The van der Waals surface area contributed by atoms with E-state index < -0.39 is 17.5 Å². The van der Waals surface area contributed by atoms with E-state index in [1.807, 2.05) is 24.0 Å². The highest BCUT2D eigenvalue weighted by atomic mass is 19.1. The van der Waals surface area contributed by atoms with Crippen molar-refractivity contribution >= 4 is 11.7 Å². The van der Waals surface area contributed by atoms with E-state index >= 15 is 0 Å². The molecule has 1 unspecified atom stereocenters. The summed E-state index contributed by atoms with van der Waals surface area (Å²) in [5.41, 5.74) is 1.82. The second-order valence-electron chi connectivity index (χ2n) is 8.24. The molecule has 2 aliphatic heterocycles. The Morgan fingerprint density at radius 3 is 2.75 bits per heavy atom. The summed E-state index contributed by atoms with van der Waals surface area (Å²) in [6.45, 7) is 5.86. The number of aliphatic hydroxyl groups excluding tert-OH is 1. The minimum Gasteiger partial charge on any atom is -0.391 e. The number of urea groups is 1. The molecular formula is C21H25FN4O2. The molecule has 1 aromatic carbocycles. The molecule has 2 aliphatic rings. The highest BCUT2D eigenvalue weighted by molar-refractivity contribution is 5.92. The van der Waals surface area contributed by atoms with Crippen molar-refractivity contribution in [1.82, 2.24) is 14.9 Å². The fourth-order valence-corrected chi connectivity index (χ4v) is 4.86. The van der Waals surface area contributed by atoms with Gasteiger partial charge in [0.1, 0.15) is 0 Å². The maximum Gasteiger partial charge on any atom is 0.322 e. The van der Waals surface area contributed by atoms with Gasteiger partial charge in [-0.05, 0) is 56.7 Å². The Labute approximate surface area is 163 Å². The molecular weight excluding hydrogens is 359 g/mol. The third-order valence-electron chi connectivity index (χ3n) is 6.16. The normalized spacial score (nSPS) is 27.1. The van der Waals surface area contributed by atoms with Gasteiger partial charge in [0.05, 0.1) is 24.0 Å². The highest BCUT2D eigenvalue weighted by Crippen LogP contribution is 2.51. The number of halogens is 1. The molecule has 2 N–H and O–H groups in total. The Hall–Kier alpha value is -2.54. The van der Waals surface area contributed by atoms with Crippen LogP contribution in [0.15, 0.2) is 30.6 Å². The maximum atomic E-state index is 13.1. The minimum atomic E-state index is -0.571. The summed E-state index contributed by atoms with van der Waals surface area (Å²) in [6, 6.07) is 5.48. The van der Waals surface area contributed by atoms with Gasteiger partial charge >= 0.3 is 6.03 Å². The van der Waals surface area contributed by atoms with Crippen molar-refractivity contribution in [3.05, 3.63) is 42.0 Å². The lowest BCUT2D eigenvalue weighted by atomic mass is 9.62. The van der Waals surface area contributed by atoms with Crippen molar-refractivity contribution in [2.75, 3.05) is 5.32 Å². The fraction of sp³-hybridized carbons (Fsp3) is 0.476. The third kappa shape index (κ3) is 3.03. The van der Waals surface area contributed by atoms with Crippen molar-refractivity contribution in [2.24, 2.45) is 5.92 Å². The Bertz CT molecular complexity index is 902. The topological polar surface area (TPSA) is 78.4 Å². The predicted molar refractivity (Wildman–Crippen MR) is 104 cm³/mol. The Balaban J connectivity index is 1.57. The van der Waals surface area contributed by atoms with Gasteiger partial charge in [-0.3, -0.25) is 0 Å². The van der Waals surface area contributed by atoms with Gasteiger partial charge in [-0.1, -0.05) is 13.0 Å². The summed E-state index contributed by atoms with van der Waals surface area (Å²) < 4.78 is 13.1. The Morgan fingerprint density at radius 2 is 2.07 bits per heavy atom. The number of hydrogen-bond donors (Lipinski definition) is 2. The van der Waals surface area contributed by atoms with Gasteiger partial charge in [0.2, 0.25) is 0 Å². The molecule has 0 aliphatic carbocycles. The first-order valence-corrected chi connectivity index (χ1v) is 9.67. The number of fused-ring (bicyclic) bond motifs is 2. The number of piperidine rings is 1. The molecule has 2 aromatic rings. The molecule has 2 bridgehead atoms. The van der Waals surface area contributed by atoms with E-state index in [2.05, 4.69) is 22.2 Å². The molecule has 28 heavy (non-hydrogen) atoms. The smallest absolute Gasteiger partial charge is 0.322 e. The molecule has 0 spiro atoms. The number of benzene rings is 1. The zero-order valence-electron chi connectivity index (χ0n) is 16.3. The molecule has 2 fully saturated rings. The molecule has 7 heteroatoms. The van der Waals surface area contributed by atoms with Crippen LogP contribution < -0.4 is 5.32 Å². The number of rotatable bonds is 3. The summed E-state index contributed by atoms with van der Waals surface area (Å²) in [6.07, 6.45) is 4.31. The molecule has 0 saturated carbocycles. The van der Waals surface area contributed by atoms with Gasteiger partial charge in [-0.2, -0.15) is 0 Å². The van der Waals surface area contributed by atoms with Crippen LogP contribution in [0.3, 0.4) is 0 Å². The summed E-state index contributed by atoms with van der Waals surface area (Å²) in [5.74, 6) is 0.414. The predicted octanol–water partition coefficient (Wildman–Crippen LogP) is 3.75.